The van der Waals surface area contributed by atoms with E-state index in [0.29, 0.717) is 43.2 Å². The molecule has 3 rings (SSSR count). The molecule has 9 nitrogen and oxygen atoms in total. The number of H-pyrrole nitrogens is 1. The molecule has 2 amide bonds. The molecule has 1 fully saturated rings. The summed E-state index contributed by atoms with van der Waals surface area (Å²) in [7, 11) is 1.64. The lowest BCUT2D eigenvalue weighted by molar-refractivity contribution is 0.0710. The minimum absolute atomic E-state index is 0.0258. The third-order valence-corrected chi connectivity index (χ3v) is 4.91. The number of carbonyl (C=O) groups is 2. The summed E-state index contributed by atoms with van der Waals surface area (Å²) in [5, 5.41) is 9.41. The zero-order valence-electron chi connectivity index (χ0n) is 16.3. The van der Waals surface area contributed by atoms with E-state index in [-0.39, 0.29) is 17.7 Å². The molecule has 2 N–H and O–H groups in total. The molecule has 0 unspecified atom stereocenters. The van der Waals surface area contributed by atoms with E-state index in [1.807, 2.05) is 11.8 Å². The van der Waals surface area contributed by atoms with Crippen molar-refractivity contribution >= 4 is 11.8 Å². The van der Waals surface area contributed by atoms with Gasteiger partial charge in [0.15, 0.2) is 0 Å². The fourth-order valence-electron chi connectivity index (χ4n) is 3.39. The molecule has 28 heavy (non-hydrogen) atoms. The van der Waals surface area contributed by atoms with Crippen LogP contribution < -0.4 is 5.32 Å². The van der Waals surface area contributed by atoms with Crippen molar-refractivity contribution in [2.24, 2.45) is 0 Å². The van der Waals surface area contributed by atoms with E-state index in [4.69, 9.17) is 4.74 Å². The number of amides is 2. The number of rotatable bonds is 7. The van der Waals surface area contributed by atoms with Crippen LogP contribution in [0.1, 0.15) is 57.4 Å². The average molecular weight is 386 g/mol. The predicted octanol–water partition coefficient (Wildman–Crippen LogP) is 1.29. The summed E-state index contributed by atoms with van der Waals surface area (Å²) < 4.78 is 5.01. The number of methoxy groups -OCH3 is 1. The number of aryl methyl sites for hydroxylation is 1. The highest BCUT2D eigenvalue weighted by molar-refractivity contribution is 5.95. The monoisotopic (exact) mass is 386 g/mol. The zero-order chi connectivity index (χ0) is 19.9. The van der Waals surface area contributed by atoms with E-state index >= 15 is 0 Å². The molecule has 1 aliphatic rings. The quantitative estimate of drug-likeness (QED) is 0.694. The topological polar surface area (TPSA) is 113 Å². The van der Waals surface area contributed by atoms with Crippen LogP contribution in [0.25, 0.3) is 0 Å². The van der Waals surface area contributed by atoms with E-state index in [2.05, 4.69) is 25.5 Å². The molecule has 0 bridgehead atoms. The Kier molecular flexibility index (Phi) is 6.70. The van der Waals surface area contributed by atoms with Gasteiger partial charge in [0.25, 0.3) is 11.8 Å². The summed E-state index contributed by atoms with van der Waals surface area (Å²) in [6.45, 7) is 4.19. The largest absolute Gasteiger partial charge is 0.385 e. The first kappa shape index (κ1) is 19.9. The number of carbonyl (C=O) groups excluding carboxylic acids is 2. The number of nitrogens with one attached hydrogen (secondary N) is 2. The van der Waals surface area contributed by atoms with Crippen LogP contribution >= 0.6 is 0 Å². The molecule has 0 radical (unpaired) electrons. The van der Waals surface area contributed by atoms with Gasteiger partial charge in [-0.05, 0) is 26.2 Å². The second-order valence-corrected chi connectivity index (χ2v) is 6.87. The van der Waals surface area contributed by atoms with Crippen LogP contribution in [-0.4, -0.2) is 70.2 Å². The molecule has 0 atom stereocenters. The fourth-order valence-corrected chi connectivity index (χ4v) is 3.39. The Morgan fingerprint density at radius 3 is 2.79 bits per heavy atom. The fraction of sp³-hybridized carbons (Fsp3) is 0.526. The van der Waals surface area contributed by atoms with Crippen molar-refractivity contribution in [3.63, 3.8) is 0 Å². The lowest BCUT2D eigenvalue weighted by atomic mass is 9.90. The van der Waals surface area contributed by atoms with Crippen molar-refractivity contribution in [1.82, 2.24) is 30.4 Å². The Labute approximate surface area is 163 Å². The number of piperidine rings is 1. The summed E-state index contributed by atoms with van der Waals surface area (Å²) in [6.07, 6.45) is 7.00. The predicted molar refractivity (Wildman–Crippen MR) is 102 cm³/mol. The van der Waals surface area contributed by atoms with Crippen LogP contribution in [0.4, 0.5) is 0 Å². The van der Waals surface area contributed by atoms with Gasteiger partial charge >= 0.3 is 0 Å². The van der Waals surface area contributed by atoms with Gasteiger partial charge in [0.1, 0.15) is 5.82 Å². The number of ether oxygens (including phenoxy) is 1. The molecular formula is C19H26N6O3. The highest BCUT2D eigenvalue weighted by atomic mass is 16.5. The van der Waals surface area contributed by atoms with E-state index in [1.54, 1.807) is 19.5 Å². The van der Waals surface area contributed by atoms with Crippen LogP contribution in [-0.2, 0) is 4.74 Å². The Balaban J connectivity index is 1.66. The van der Waals surface area contributed by atoms with Crippen LogP contribution in [0.5, 0.6) is 0 Å². The van der Waals surface area contributed by atoms with Gasteiger partial charge in [-0.3, -0.25) is 14.7 Å². The summed E-state index contributed by atoms with van der Waals surface area (Å²) in [5.41, 5.74) is 1.85. The Morgan fingerprint density at radius 2 is 2.11 bits per heavy atom. The first-order valence-corrected chi connectivity index (χ1v) is 9.49. The molecule has 1 saturated heterocycles. The lowest BCUT2D eigenvalue weighted by Crippen LogP contribution is -2.38. The maximum absolute atomic E-state index is 12.6. The zero-order valence-corrected chi connectivity index (χ0v) is 16.3. The van der Waals surface area contributed by atoms with Gasteiger partial charge in [0.2, 0.25) is 0 Å². The first-order chi connectivity index (χ1) is 13.6. The number of aromatic amines is 1. The number of hydrogen-bond acceptors (Lipinski definition) is 6. The number of aromatic nitrogens is 4. The second-order valence-electron chi connectivity index (χ2n) is 6.87. The van der Waals surface area contributed by atoms with E-state index < -0.39 is 0 Å². The van der Waals surface area contributed by atoms with Crippen molar-refractivity contribution in [3.05, 3.63) is 41.2 Å². The third kappa shape index (κ3) is 4.72. The molecule has 1 aliphatic heterocycles. The maximum atomic E-state index is 12.6. The van der Waals surface area contributed by atoms with Gasteiger partial charge in [-0.15, -0.1) is 0 Å². The molecule has 2 aromatic heterocycles. The molecule has 2 aromatic rings. The summed E-state index contributed by atoms with van der Waals surface area (Å²) in [6, 6.07) is 0. The lowest BCUT2D eigenvalue weighted by Gasteiger charge is -2.32. The van der Waals surface area contributed by atoms with Crippen molar-refractivity contribution < 1.29 is 14.3 Å². The van der Waals surface area contributed by atoms with E-state index in [9.17, 15) is 9.59 Å². The van der Waals surface area contributed by atoms with E-state index in [0.717, 1.165) is 25.0 Å². The summed E-state index contributed by atoms with van der Waals surface area (Å²) in [4.78, 5) is 35.7. The number of hydrogen-bond donors (Lipinski definition) is 2. The molecule has 150 valence electrons. The minimum atomic E-state index is -0.164. The first-order valence-electron chi connectivity index (χ1n) is 9.49. The Morgan fingerprint density at radius 1 is 1.32 bits per heavy atom. The van der Waals surface area contributed by atoms with Crippen LogP contribution in [0, 0.1) is 6.92 Å². The standard InChI is InChI=1S/C19H26N6O3/c1-13-21-12-16(18(26)20-6-3-9-28-2)17(24-13)14-4-7-25(8-5-14)19(27)15-10-22-23-11-15/h10-12,14H,3-9H2,1-2H3,(H,20,26)(H,22,23). The average Bonchev–Trinajstić information content (AvgIpc) is 3.25. The van der Waals surface area contributed by atoms with E-state index in [1.165, 1.54) is 6.20 Å². The molecular weight excluding hydrogens is 360 g/mol. The highest BCUT2D eigenvalue weighted by Gasteiger charge is 2.28. The summed E-state index contributed by atoms with van der Waals surface area (Å²) in [5.74, 6) is 0.572. The smallest absolute Gasteiger partial charge is 0.257 e. The molecule has 3 heterocycles. The van der Waals surface area contributed by atoms with Gasteiger partial charge in [0.05, 0.1) is 23.0 Å². The molecule has 0 aromatic carbocycles. The van der Waals surface area contributed by atoms with Gasteiger partial charge < -0.3 is 15.0 Å². The molecule has 0 aliphatic carbocycles. The second kappa shape index (κ2) is 9.41. The Hall–Kier alpha value is -2.81. The van der Waals surface area contributed by atoms with Gasteiger partial charge in [-0.1, -0.05) is 0 Å². The number of likely N-dealkylation sites (tertiary alicyclic amines) is 1. The SMILES string of the molecule is COCCCNC(=O)c1cnc(C)nc1C1CCN(C(=O)c2cn[nH]c2)CC1. The van der Waals surface area contributed by atoms with Crippen LogP contribution in [0.3, 0.4) is 0 Å². The molecule has 9 heteroatoms. The van der Waals surface area contributed by atoms with Gasteiger partial charge in [-0.25, -0.2) is 9.97 Å². The normalized spacial score (nSPS) is 14.9. The van der Waals surface area contributed by atoms with Crippen molar-refractivity contribution in [2.45, 2.75) is 32.1 Å². The van der Waals surface area contributed by atoms with Gasteiger partial charge in [-0.2, -0.15) is 5.10 Å². The number of nitrogens with zero attached hydrogens (tertiary/aromatic N) is 4. The Bertz CT molecular complexity index is 800. The molecule has 0 spiro atoms. The minimum Gasteiger partial charge on any atom is -0.385 e. The van der Waals surface area contributed by atoms with Gasteiger partial charge in [0, 0.05) is 51.7 Å². The van der Waals surface area contributed by atoms with Crippen molar-refractivity contribution in [3.8, 4) is 0 Å². The van der Waals surface area contributed by atoms with Crippen molar-refractivity contribution in [1.29, 1.82) is 0 Å². The van der Waals surface area contributed by atoms with Crippen LogP contribution in [0.2, 0.25) is 0 Å². The van der Waals surface area contributed by atoms with Crippen LogP contribution in [0.15, 0.2) is 18.6 Å². The molecule has 0 saturated carbocycles. The van der Waals surface area contributed by atoms with Crippen molar-refractivity contribution in [2.75, 3.05) is 33.4 Å². The third-order valence-electron chi connectivity index (χ3n) is 4.91. The maximum Gasteiger partial charge on any atom is 0.257 e. The highest BCUT2D eigenvalue weighted by Crippen LogP contribution is 2.29. The summed E-state index contributed by atoms with van der Waals surface area (Å²) >= 11 is 0.